The molecule has 2 aromatic carbocycles. The molecule has 0 spiro atoms. The van der Waals surface area contributed by atoms with Crippen LogP contribution in [0.25, 0.3) is 0 Å². The average Bonchev–Trinajstić information content (AvgIpc) is 2.54. The van der Waals surface area contributed by atoms with Gasteiger partial charge in [0.15, 0.2) is 0 Å². The zero-order valence-corrected chi connectivity index (χ0v) is 12.9. The quantitative estimate of drug-likeness (QED) is 0.803. The third-order valence-corrected chi connectivity index (χ3v) is 4.03. The molecule has 6 heteroatoms. The first-order valence-electron chi connectivity index (χ1n) is 6.89. The number of hydrogen-bond donors (Lipinski definition) is 2. The molecular formula is C16H18NO4P. The maximum atomic E-state index is 11.8. The van der Waals surface area contributed by atoms with Gasteiger partial charge in [-0.3, -0.25) is 4.57 Å². The van der Waals surface area contributed by atoms with Crippen LogP contribution in [0, 0.1) is 0 Å². The molecule has 0 fully saturated rings. The molecule has 5 nitrogen and oxygen atoms in total. The van der Waals surface area contributed by atoms with Gasteiger partial charge in [-0.15, -0.1) is 0 Å². The summed E-state index contributed by atoms with van der Waals surface area (Å²) in [6.07, 6.45) is -0.410. The molecule has 2 atom stereocenters. The van der Waals surface area contributed by atoms with Crippen LogP contribution in [0.1, 0.15) is 11.1 Å². The van der Waals surface area contributed by atoms with Gasteiger partial charge in [-0.05, 0) is 11.1 Å². The van der Waals surface area contributed by atoms with Gasteiger partial charge in [-0.1, -0.05) is 60.7 Å². The van der Waals surface area contributed by atoms with Crippen molar-refractivity contribution in [3.8, 4) is 0 Å². The molecule has 116 valence electrons. The normalized spacial score (nSPS) is 13.1. The van der Waals surface area contributed by atoms with Crippen molar-refractivity contribution in [3.63, 3.8) is 0 Å². The number of hydrogen-bond acceptors (Lipinski definition) is 3. The van der Waals surface area contributed by atoms with Crippen molar-refractivity contribution in [1.29, 1.82) is 0 Å². The van der Waals surface area contributed by atoms with Gasteiger partial charge in [0, 0.05) is 6.42 Å². The zero-order chi connectivity index (χ0) is 15.8. The van der Waals surface area contributed by atoms with E-state index >= 15 is 0 Å². The third kappa shape index (κ3) is 5.35. The van der Waals surface area contributed by atoms with E-state index < -0.39 is 19.9 Å². The Labute approximate surface area is 129 Å². The summed E-state index contributed by atoms with van der Waals surface area (Å²) in [4.78, 5) is 21.1. The largest absolute Gasteiger partial charge is 0.445 e. The van der Waals surface area contributed by atoms with Gasteiger partial charge in [0.2, 0.25) is 8.03 Å². The monoisotopic (exact) mass is 319 g/mol. The first kappa shape index (κ1) is 16.3. The Morgan fingerprint density at radius 1 is 1.05 bits per heavy atom. The zero-order valence-electron chi connectivity index (χ0n) is 11.9. The van der Waals surface area contributed by atoms with Crippen molar-refractivity contribution in [2.45, 2.75) is 18.8 Å². The van der Waals surface area contributed by atoms with Gasteiger partial charge in [0.25, 0.3) is 0 Å². The SMILES string of the molecule is O=C(N[C@@H](Cc1ccccc1)[PH](=O)O)OCc1ccccc1. The number of benzene rings is 2. The van der Waals surface area contributed by atoms with Crippen molar-refractivity contribution >= 4 is 14.1 Å². The highest BCUT2D eigenvalue weighted by Gasteiger charge is 2.18. The Kier molecular flexibility index (Phi) is 6.19. The molecule has 0 saturated heterocycles. The lowest BCUT2D eigenvalue weighted by Gasteiger charge is -2.16. The molecule has 22 heavy (non-hydrogen) atoms. The highest BCUT2D eigenvalue weighted by atomic mass is 31.1. The Hall–Kier alpha value is -2.10. The van der Waals surface area contributed by atoms with Gasteiger partial charge < -0.3 is 14.9 Å². The summed E-state index contributed by atoms with van der Waals surface area (Å²) in [5.74, 6) is -0.837. The van der Waals surface area contributed by atoms with Gasteiger partial charge in [0.05, 0.1) is 0 Å². The van der Waals surface area contributed by atoms with Crippen LogP contribution in [0.15, 0.2) is 60.7 Å². The van der Waals surface area contributed by atoms with Crippen molar-refractivity contribution < 1.29 is 19.0 Å². The maximum Gasteiger partial charge on any atom is 0.408 e. The molecular weight excluding hydrogens is 301 g/mol. The van der Waals surface area contributed by atoms with E-state index in [0.717, 1.165) is 11.1 Å². The molecule has 0 bridgehead atoms. The molecule has 2 rings (SSSR count). The van der Waals surface area contributed by atoms with Gasteiger partial charge in [-0.25, -0.2) is 4.79 Å². The van der Waals surface area contributed by atoms with Crippen LogP contribution in [0.3, 0.4) is 0 Å². The number of alkyl carbamates (subject to hydrolysis) is 1. The highest BCUT2D eigenvalue weighted by molar-refractivity contribution is 7.38. The van der Waals surface area contributed by atoms with E-state index in [1.807, 2.05) is 60.7 Å². The maximum absolute atomic E-state index is 11.8. The molecule has 2 aromatic rings. The topological polar surface area (TPSA) is 75.6 Å². The van der Waals surface area contributed by atoms with Gasteiger partial charge in [-0.2, -0.15) is 0 Å². The number of rotatable bonds is 6. The fourth-order valence-electron chi connectivity index (χ4n) is 1.96. The molecule has 0 aliphatic carbocycles. The van der Waals surface area contributed by atoms with Crippen LogP contribution >= 0.6 is 8.03 Å². The number of carbonyl (C=O) groups is 1. The predicted molar refractivity (Wildman–Crippen MR) is 84.9 cm³/mol. The van der Waals surface area contributed by atoms with Crippen LogP contribution < -0.4 is 5.32 Å². The minimum Gasteiger partial charge on any atom is -0.445 e. The summed E-state index contributed by atoms with van der Waals surface area (Å²) < 4.78 is 16.5. The molecule has 2 N–H and O–H groups in total. The summed E-state index contributed by atoms with van der Waals surface area (Å²) >= 11 is 0. The Balaban J connectivity index is 1.88. The van der Waals surface area contributed by atoms with Gasteiger partial charge >= 0.3 is 6.09 Å². The molecule has 0 saturated carbocycles. The number of ether oxygens (including phenoxy) is 1. The second-order valence-corrected chi connectivity index (χ2v) is 6.16. The van der Waals surface area contributed by atoms with E-state index in [4.69, 9.17) is 4.74 Å². The van der Waals surface area contributed by atoms with Crippen molar-refractivity contribution in [2.75, 3.05) is 0 Å². The Morgan fingerprint density at radius 2 is 1.59 bits per heavy atom. The van der Waals surface area contributed by atoms with E-state index in [1.54, 1.807) is 0 Å². The lowest BCUT2D eigenvalue weighted by atomic mass is 10.1. The second-order valence-electron chi connectivity index (χ2n) is 4.79. The average molecular weight is 319 g/mol. The highest BCUT2D eigenvalue weighted by Crippen LogP contribution is 2.23. The molecule has 0 radical (unpaired) electrons. The van der Waals surface area contributed by atoms with Crippen molar-refractivity contribution in [3.05, 3.63) is 71.8 Å². The third-order valence-electron chi connectivity index (χ3n) is 3.09. The fourth-order valence-corrected chi connectivity index (χ4v) is 2.61. The lowest BCUT2D eigenvalue weighted by Crippen LogP contribution is -2.34. The van der Waals surface area contributed by atoms with E-state index in [0.29, 0.717) is 0 Å². The summed E-state index contributed by atoms with van der Waals surface area (Å²) in [5.41, 5.74) is 1.73. The number of carbonyl (C=O) groups excluding carboxylic acids is 1. The predicted octanol–water partition coefficient (Wildman–Crippen LogP) is 2.95. The Bertz CT molecular complexity index is 619. The summed E-state index contributed by atoms with van der Waals surface area (Å²) in [6, 6.07) is 18.5. The van der Waals surface area contributed by atoms with E-state index in [9.17, 15) is 14.3 Å². The minimum atomic E-state index is -2.91. The smallest absolute Gasteiger partial charge is 0.408 e. The fraction of sp³-hybridized carbons (Fsp3) is 0.188. The molecule has 1 unspecified atom stereocenters. The minimum absolute atomic E-state index is 0.122. The van der Waals surface area contributed by atoms with Crippen molar-refractivity contribution in [2.24, 2.45) is 0 Å². The second kappa shape index (κ2) is 8.37. The molecule has 0 heterocycles. The van der Waals surface area contributed by atoms with E-state index in [-0.39, 0.29) is 13.0 Å². The van der Waals surface area contributed by atoms with Crippen LogP contribution in [0.4, 0.5) is 4.79 Å². The number of nitrogens with one attached hydrogen (secondary N) is 1. The van der Waals surface area contributed by atoms with Crippen molar-refractivity contribution in [1.82, 2.24) is 5.32 Å². The standard InChI is InChI=1S/C16H18NO4P/c18-16(21-12-14-9-5-2-6-10-14)17-15(22(19)20)11-13-7-3-1-4-8-13/h1-10,15,22H,11-12H2,(H,17,18)(H,19,20)/t15-/m1/s1. The first-order valence-corrected chi connectivity index (χ1v) is 8.32. The van der Waals surface area contributed by atoms with Crippen LogP contribution in [0.2, 0.25) is 0 Å². The molecule has 0 aromatic heterocycles. The molecule has 0 aliphatic rings. The van der Waals surface area contributed by atoms with Crippen LogP contribution in [-0.4, -0.2) is 16.8 Å². The lowest BCUT2D eigenvalue weighted by molar-refractivity contribution is 0.138. The van der Waals surface area contributed by atoms with Gasteiger partial charge in [0.1, 0.15) is 12.4 Å². The van der Waals surface area contributed by atoms with E-state index in [1.165, 1.54) is 0 Å². The first-order chi connectivity index (χ1) is 10.6. The number of amides is 1. The summed E-state index contributed by atoms with van der Waals surface area (Å²) in [6.45, 7) is 0.122. The van der Waals surface area contributed by atoms with E-state index in [2.05, 4.69) is 5.32 Å². The summed E-state index contributed by atoms with van der Waals surface area (Å²) in [7, 11) is -2.91. The Morgan fingerprint density at radius 3 is 2.14 bits per heavy atom. The van der Waals surface area contributed by atoms with Crippen LogP contribution in [-0.2, 0) is 22.3 Å². The summed E-state index contributed by atoms with van der Waals surface area (Å²) in [5, 5.41) is 2.46. The molecule has 1 amide bonds. The molecule has 0 aliphatic heterocycles. The van der Waals surface area contributed by atoms with Crippen LogP contribution in [0.5, 0.6) is 0 Å².